The number of nitrogens with one attached hydrogen (secondary N) is 1. The average molecular weight is 447 g/mol. The number of likely N-dealkylation sites (tertiary alicyclic amines) is 1. The first-order valence-corrected chi connectivity index (χ1v) is 10.2. The van der Waals surface area contributed by atoms with Crippen molar-refractivity contribution >= 4 is 5.91 Å². The molecule has 4 rings (SSSR count). The van der Waals surface area contributed by atoms with Gasteiger partial charge in [-0.3, -0.25) is 9.69 Å². The van der Waals surface area contributed by atoms with E-state index in [1.807, 2.05) is 24.3 Å². The van der Waals surface area contributed by atoms with E-state index in [0.29, 0.717) is 4.68 Å². The first-order chi connectivity index (χ1) is 15.3. The number of carbonyl (C=O) groups excluding carboxylic acids is 1. The Bertz CT molecular complexity index is 1090. The normalized spacial score (nSPS) is 14.6. The van der Waals surface area contributed by atoms with Crippen LogP contribution in [-0.4, -0.2) is 38.9 Å². The highest BCUT2D eigenvalue weighted by Gasteiger charge is 2.42. The summed E-state index contributed by atoms with van der Waals surface area (Å²) in [5.41, 5.74) is -0.527. The Labute approximate surface area is 181 Å². The smallest absolute Gasteiger partial charge is 0.346 e. The lowest BCUT2D eigenvalue weighted by Gasteiger charge is -2.14. The highest BCUT2D eigenvalue weighted by atomic mass is 19.4. The van der Waals surface area contributed by atoms with Gasteiger partial charge >= 0.3 is 6.18 Å². The van der Waals surface area contributed by atoms with Crippen molar-refractivity contribution in [3.8, 4) is 5.69 Å². The first kappa shape index (κ1) is 21.9. The number of hydrogen-bond donors (Lipinski definition) is 1. The van der Waals surface area contributed by atoms with Crippen LogP contribution in [0.25, 0.3) is 5.69 Å². The minimum Gasteiger partial charge on any atom is -0.346 e. The third-order valence-corrected chi connectivity index (χ3v) is 5.29. The first-order valence-electron chi connectivity index (χ1n) is 10.2. The van der Waals surface area contributed by atoms with Crippen LogP contribution in [0.5, 0.6) is 0 Å². The molecule has 0 atom stereocenters. The van der Waals surface area contributed by atoms with E-state index in [0.717, 1.165) is 42.9 Å². The van der Waals surface area contributed by atoms with Gasteiger partial charge in [-0.25, -0.2) is 9.07 Å². The molecule has 0 radical (unpaired) electrons. The third-order valence-electron chi connectivity index (χ3n) is 5.29. The quantitative estimate of drug-likeness (QED) is 0.582. The van der Waals surface area contributed by atoms with Crippen molar-refractivity contribution in [3.63, 3.8) is 0 Å². The standard InChI is InChI=1S/C22H21F4N5O/c23-17-4-3-5-18(12-17)31-20(22(24,25)26)19(28-29-31)21(32)27-13-15-6-8-16(9-7-15)14-30-10-1-2-11-30/h3-9,12H,1-2,10-11,13-14H2,(H,27,32). The molecular formula is C22H21F4N5O. The van der Waals surface area contributed by atoms with Gasteiger partial charge in [0.1, 0.15) is 5.82 Å². The van der Waals surface area contributed by atoms with Crippen LogP contribution >= 0.6 is 0 Å². The number of alkyl halides is 3. The van der Waals surface area contributed by atoms with E-state index in [4.69, 9.17) is 0 Å². The lowest BCUT2D eigenvalue weighted by atomic mass is 10.1. The van der Waals surface area contributed by atoms with E-state index in [9.17, 15) is 22.4 Å². The highest BCUT2D eigenvalue weighted by molar-refractivity contribution is 5.93. The van der Waals surface area contributed by atoms with Gasteiger partial charge in [0.25, 0.3) is 5.91 Å². The molecule has 32 heavy (non-hydrogen) atoms. The summed E-state index contributed by atoms with van der Waals surface area (Å²) in [7, 11) is 0. The van der Waals surface area contributed by atoms with Crippen molar-refractivity contribution in [1.29, 1.82) is 0 Å². The topological polar surface area (TPSA) is 63.1 Å². The second kappa shape index (κ2) is 9.07. The summed E-state index contributed by atoms with van der Waals surface area (Å²) >= 11 is 0. The maximum absolute atomic E-state index is 13.7. The molecule has 1 aliphatic rings. The maximum atomic E-state index is 13.7. The van der Waals surface area contributed by atoms with Crippen molar-refractivity contribution in [1.82, 2.24) is 25.2 Å². The van der Waals surface area contributed by atoms with Gasteiger partial charge in [0, 0.05) is 13.1 Å². The molecule has 6 nitrogen and oxygen atoms in total. The zero-order valence-electron chi connectivity index (χ0n) is 17.1. The van der Waals surface area contributed by atoms with E-state index >= 15 is 0 Å². The Morgan fingerprint density at radius 2 is 1.72 bits per heavy atom. The zero-order valence-corrected chi connectivity index (χ0v) is 17.1. The Balaban J connectivity index is 1.47. The molecule has 1 aromatic heterocycles. The number of benzene rings is 2. The Morgan fingerprint density at radius 3 is 2.38 bits per heavy atom. The third kappa shape index (κ3) is 4.96. The van der Waals surface area contributed by atoms with Gasteiger partial charge in [-0.2, -0.15) is 13.2 Å². The van der Waals surface area contributed by atoms with Crippen LogP contribution in [0, 0.1) is 5.82 Å². The SMILES string of the molecule is O=C(NCc1ccc(CN2CCCC2)cc1)c1nnn(-c2cccc(F)c2)c1C(F)(F)F. The minimum atomic E-state index is -4.92. The molecule has 0 spiro atoms. The summed E-state index contributed by atoms with van der Waals surface area (Å²) in [5, 5.41) is 9.33. The summed E-state index contributed by atoms with van der Waals surface area (Å²) in [6.45, 7) is 3.04. The van der Waals surface area contributed by atoms with E-state index < -0.39 is 29.3 Å². The largest absolute Gasteiger partial charge is 0.435 e. The molecule has 1 saturated heterocycles. The lowest BCUT2D eigenvalue weighted by molar-refractivity contribution is -0.143. The molecule has 0 bridgehead atoms. The van der Waals surface area contributed by atoms with Crippen molar-refractivity contribution in [2.45, 2.75) is 32.1 Å². The van der Waals surface area contributed by atoms with Crippen molar-refractivity contribution in [2.75, 3.05) is 13.1 Å². The van der Waals surface area contributed by atoms with Crippen LogP contribution in [0.3, 0.4) is 0 Å². The lowest BCUT2D eigenvalue weighted by Crippen LogP contribution is -2.27. The number of carbonyl (C=O) groups is 1. The van der Waals surface area contributed by atoms with Gasteiger partial charge in [-0.05, 0) is 55.3 Å². The summed E-state index contributed by atoms with van der Waals surface area (Å²) in [4.78, 5) is 14.8. The van der Waals surface area contributed by atoms with Crippen LogP contribution < -0.4 is 5.32 Å². The zero-order chi connectivity index (χ0) is 22.7. The monoisotopic (exact) mass is 447 g/mol. The molecule has 10 heteroatoms. The van der Waals surface area contributed by atoms with Crippen LogP contribution in [-0.2, 0) is 19.3 Å². The van der Waals surface area contributed by atoms with Crippen LogP contribution in [0.2, 0.25) is 0 Å². The number of amides is 1. The van der Waals surface area contributed by atoms with Crippen molar-refractivity contribution < 1.29 is 22.4 Å². The molecular weight excluding hydrogens is 426 g/mol. The second-order valence-corrected chi connectivity index (χ2v) is 7.66. The molecule has 1 amide bonds. The minimum absolute atomic E-state index is 0.0347. The number of hydrogen-bond acceptors (Lipinski definition) is 4. The molecule has 0 aliphatic carbocycles. The van der Waals surface area contributed by atoms with Gasteiger partial charge in [0.05, 0.1) is 5.69 Å². The predicted molar refractivity (Wildman–Crippen MR) is 108 cm³/mol. The molecule has 168 valence electrons. The van der Waals surface area contributed by atoms with E-state index in [1.54, 1.807) is 0 Å². The van der Waals surface area contributed by atoms with Crippen LogP contribution in [0.4, 0.5) is 17.6 Å². The summed E-state index contributed by atoms with van der Waals surface area (Å²) < 4.78 is 54.9. The Hall–Kier alpha value is -3.27. The van der Waals surface area contributed by atoms with E-state index in [2.05, 4.69) is 20.5 Å². The molecule has 2 heterocycles. The Morgan fingerprint density at radius 1 is 1.03 bits per heavy atom. The van der Waals surface area contributed by atoms with Gasteiger partial charge in [-0.1, -0.05) is 35.5 Å². The Kier molecular flexibility index (Phi) is 6.22. The van der Waals surface area contributed by atoms with Crippen molar-refractivity contribution in [3.05, 3.63) is 76.9 Å². The molecule has 0 saturated carbocycles. The molecule has 0 unspecified atom stereocenters. The van der Waals surface area contributed by atoms with Crippen LogP contribution in [0.15, 0.2) is 48.5 Å². The number of aromatic nitrogens is 3. The average Bonchev–Trinajstić information content (AvgIpc) is 3.43. The molecule has 1 aliphatic heterocycles. The fourth-order valence-corrected chi connectivity index (χ4v) is 3.71. The summed E-state index contributed by atoms with van der Waals surface area (Å²) in [6.07, 6.45) is -2.51. The molecule has 2 aromatic carbocycles. The van der Waals surface area contributed by atoms with Gasteiger partial charge < -0.3 is 5.32 Å². The number of nitrogens with zero attached hydrogens (tertiary/aromatic N) is 4. The van der Waals surface area contributed by atoms with Crippen molar-refractivity contribution in [2.24, 2.45) is 0 Å². The number of rotatable bonds is 6. The molecule has 1 N–H and O–H groups in total. The van der Waals surface area contributed by atoms with Gasteiger partial charge in [0.2, 0.25) is 0 Å². The molecule has 1 fully saturated rings. The summed E-state index contributed by atoms with van der Waals surface area (Å²) in [6, 6.07) is 12.0. The highest BCUT2D eigenvalue weighted by Crippen LogP contribution is 2.32. The molecule has 3 aromatic rings. The maximum Gasteiger partial charge on any atom is 0.435 e. The predicted octanol–water partition coefficient (Wildman–Crippen LogP) is 3.95. The second-order valence-electron chi connectivity index (χ2n) is 7.66. The van der Waals surface area contributed by atoms with Gasteiger partial charge in [0.15, 0.2) is 11.4 Å². The number of halogens is 4. The van der Waals surface area contributed by atoms with Crippen LogP contribution in [0.1, 0.15) is 40.2 Å². The summed E-state index contributed by atoms with van der Waals surface area (Å²) in [5.74, 6) is -1.74. The fourth-order valence-electron chi connectivity index (χ4n) is 3.71. The fraction of sp³-hybridized carbons (Fsp3) is 0.318. The van der Waals surface area contributed by atoms with E-state index in [1.165, 1.54) is 25.0 Å². The van der Waals surface area contributed by atoms with E-state index in [-0.39, 0.29) is 12.2 Å². The van der Waals surface area contributed by atoms with Gasteiger partial charge in [-0.15, -0.1) is 5.10 Å².